The van der Waals surface area contributed by atoms with Gasteiger partial charge in [0.15, 0.2) is 0 Å². The lowest BCUT2D eigenvalue weighted by atomic mass is 10.0. The highest BCUT2D eigenvalue weighted by Crippen LogP contribution is 2.28. The van der Waals surface area contributed by atoms with E-state index in [9.17, 15) is 4.79 Å². The van der Waals surface area contributed by atoms with E-state index in [1.165, 1.54) is 0 Å². The van der Waals surface area contributed by atoms with Crippen molar-refractivity contribution in [3.63, 3.8) is 0 Å². The van der Waals surface area contributed by atoms with E-state index in [0.717, 1.165) is 11.1 Å². The average molecular weight is 272 g/mol. The summed E-state index contributed by atoms with van der Waals surface area (Å²) in [5, 5.41) is 0.597. The lowest BCUT2D eigenvalue weighted by Crippen LogP contribution is -2.34. The molecular weight excluding hydrogens is 254 g/mol. The Morgan fingerprint density at radius 3 is 2.72 bits per heavy atom. The zero-order valence-electron chi connectivity index (χ0n) is 10.8. The molecule has 0 spiro atoms. The second-order valence-electron chi connectivity index (χ2n) is 3.98. The zero-order valence-corrected chi connectivity index (χ0v) is 11.6. The highest BCUT2D eigenvalue weighted by Gasteiger charge is 2.18. The third kappa shape index (κ3) is 3.62. The van der Waals surface area contributed by atoms with Crippen molar-refractivity contribution in [1.82, 2.24) is 0 Å². The normalized spacial score (nSPS) is 12.1. The first kappa shape index (κ1) is 14.8. The maximum Gasteiger partial charge on any atom is 0.323 e. The van der Waals surface area contributed by atoms with Gasteiger partial charge in [0.2, 0.25) is 0 Å². The van der Waals surface area contributed by atoms with Gasteiger partial charge >= 0.3 is 5.97 Å². The largest absolute Gasteiger partial charge is 0.496 e. The fourth-order valence-electron chi connectivity index (χ4n) is 1.81. The van der Waals surface area contributed by atoms with Gasteiger partial charge in [-0.3, -0.25) is 4.79 Å². The van der Waals surface area contributed by atoms with Crippen LogP contribution in [0, 0.1) is 6.92 Å². The summed E-state index contributed by atoms with van der Waals surface area (Å²) in [5.74, 6) is 0.288. The number of carbonyl (C=O) groups is 1. The number of rotatable bonds is 5. The standard InChI is InChI=1S/C13H18ClNO3/c1-4-18-13(16)11(15)7-9-6-10(14)5-8(2)12(9)17-3/h5-6,11H,4,7,15H2,1-3H3. The molecule has 0 bridgehead atoms. The molecule has 1 rings (SSSR count). The predicted molar refractivity (Wildman–Crippen MR) is 71.1 cm³/mol. The topological polar surface area (TPSA) is 61.5 Å². The third-order valence-corrected chi connectivity index (χ3v) is 2.77. The SMILES string of the molecule is CCOC(=O)C(N)Cc1cc(Cl)cc(C)c1OC. The van der Waals surface area contributed by atoms with Gasteiger partial charge in [0.25, 0.3) is 0 Å². The number of esters is 1. The van der Waals surface area contributed by atoms with Gasteiger partial charge in [-0.05, 0) is 37.1 Å². The number of hydrogen-bond acceptors (Lipinski definition) is 4. The van der Waals surface area contributed by atoms with Gasteiger partial charge < -0.3 is 15.2 Å². The van der Waals surface area contributed by atoms with E-state index in [0.29, 0.717) is 23.8 Å². The second-order valence-corrected chi connectivity index (χ2v) is 4.41. The summed E-state index contributed by atoms with van der Waals surface area (Å²) in [5.41, 5.74) is 7.51. The van der Waals surface area contributed by atoms with Crippen molar-refractivity contribution in [1.29, 1.82) is 0 Å². The average Bonchev–Trinajstić information content (AvgIpc) is 2.28. The molecule has 0 fully saturated rings. The number of hydrogen-bond donors (Lipinski definition) is 1. The van der Waals surface area contributed by atoms with E-state index in [2.05, 4.69) is 0 Å². The molecule has 2 N–H and O–H groups in total. The molecule has 0 aliphatic carbocycles. The molecule has 1 aromatic carbocycles. The molecule has 1 unspecified atom stereocenters. The number of carbonyl (C=O) groups excluding carboxylic acids is 1. The predicted octanol–water partition coefficient (Wildman–Crippen LogP) is 2.09. The summed E-state index contributed by atoms with van der Waals surface area (Å²) in [6.07, 6.45) is 0.337. The van der Waals surface area contributed by atoms with Crippen molar-refractivity contribution in [2.45, 2.75) is 26.3 Å². The molecule has 18 heavy (non-hydrogen) atoms. The monoisotopic (exact) mass is 271 g/mol. The number of aryl methyl sites for hydroxylation is 1. The van der Waals surface area contributed by atoms with Crippen LogP contribution in [0.5, 0.6) is 5.75 Å². The molecule has 0 saturated carbocycles. The van der Waals surface area contributed by atoms with Crippen molar-refractivity contribution in [2.24, 2.45) is 5.73 Å². The van der Waals surface area contributed by atoms with E-state index in [1.54, 1.807) is 26.2 Å². The minimum absolute atomic E-state index is 0.318. The summed E-state index contributed by atoms with van der Waals surface area (Å²) in [7, 11) is 1.58. The van der Waals surface area contributed by atoms with Crippen LogP contribution < -0.4 is 10.5 Å². The smallest absolute Gasteiger partial charge is 0.323 e. The molecule has 0 aliphatic rings. The van der Waals surface area contributed by atoms with Crippen molar-refractivity contribution in [3.05, 3.63) is 28.3 Å². The molecule has 0 saturated heterocycles. The lowest BCUT2D eigenvalue weighted by molar-refractivity contribution is -0.144. The summed E-state index contributed by atoms with van der Waals surface area (Å²) >= 11 is 5.99. The molecule has 0 amide bonds. The van der Waals surface area contributed by atoms with Crippen LogP contribution in [-0.4, -0.2) is 25.7 Å². The van der Waals surface area contributed by atoms with Gasteiger partial charge in [-0.15, -0.1) is 0 Å². The Hall–Kier alpha value is -1.26. The Morgan fingerprint density at radius 1 is 1.50 bits per heavy atom. The summed E-state index contributed by atoms with van der Waals surface area (Å²) < 4.78 is 10.2. The van der Waals surface area contributed by atoms with Crippen LogP contribution in [0.25, 0.3) is 0 Å². The fraction of sp³-hybridized carbons (Fsp3) is 0.462. The van der Waals surface area contributed by atoms with Gasteiger partial charge in [0.05, 0.1) is 13.7 Å². The van der Waals surface area contributed by atoms with Gasteiger partial charge in [-0.2, -0.15) is 0 Å². The van der Waals surface area contributed by atoms with Crippen molar-refractivity contribution < 1.29 is 14.3 Å². The van der Waals surface area contributed by atoms with Gasteiger partial charge in [-0.25, -0.2) is 0 Å². The Balaban J connectivity index is 2.93. The Bertz CT molecular complexity index is 434. The molecule has 5 heteroatoms. The quantitative estimate of drug-likeness (QED) is 0.833. The van der Waals surface area contributed by atoms with Crippen LogP contribution in [-0.2, 0) is 16.0 Å². The summed E-state index contributed by atoms with van der Waals surface area (Å²) in [6, 6.07) is 2.85. The molecule has 4 nitrogen and oxygen atoms in total. The Kier molecular flexibility index (Phi) is 5.44. The molecule has 1 atom stereocenters. The first-order chi connectivity index (χ1) is 8.49. The van der Waals surface area contributed by atoms with Gasteiger partial charge in [0, 0.05) is 11.4 Å². The van der Waals surface area contributed by atoms with E-state index in [-0.39, 0.29) is 0 Å². The second kappa shape index (κ2) is 6.61. The highest BCUT2D eigenvalue weighted by atomic mass is 35.5. The van der Waals surface area contributed by atoms with Crippen molar-refractivity contribution in [2.75, 3.05) is 13.7 Å². The number of methoxy groups -OCH3 is 1. The minimum atomic E-state index is -0.711. The molecule has 1 aromatic rings. The van der Waals surface area contributed by atoms with Crippen LogP contribution in [0.2, 0.25) is 5.02 Å². The Morgan fingerprint density at radius 2 is 2.17 bits per heavy atom. The lowest BCUT2D eigenvalue weighted by Gasteiger charge is -2.15. The zero-order chi connectivity index (χ0) is 13.7. The van der Waals surface area contributed by atoms with Crippen molar-refractivity contribution in [3.8, 4) is 5.75 Å². The number of benzene rings is 1. The highest BCUT2D eigenvalue weighted by molar-refractivity contribution is 6.30. The van der Waals surface area contributed by atoms with Gasteiger partial charge in [0.1, 0.15) is 11.8 Å². The molecule has 0 heterocycles. The maximum absolute atomic E-state index is 11.5. The first-order valence-electron chi connectivity index (χ1n) is 5.74. The molecule has 0 radical (unpaired) electrons. The summed E-state index contributed by atoms with van der Waals surface area (Å²) in [4.78, 5) is 11.5. The number of halogens is 1. The van der Waals surface area contributed by atoms with Crippen LogP contribution >= 0.6 is 11.6 Å². The van der Waals surface area contributed by atoms with E-state index < -0.39 is 12.0 Å². The Labute approximate surface area is 112 Å². The minimum Gasteiger partial charge on any atom is -0.496 e. The molecule has 0 aliphatic heterocycles. The number of ether oxygens (including phenoxy) is 2. The van der Waals surface area contributed by atoms with Crippen LogP contribution in [0.15, 0.2) is 12.1 Å². The molecular formula is C13H18ClNO3. The van der Waals surface area contributed by atoms with Crippen LogP contribution in [0.3, 0.4) is 0 Å². The van der Waals surface area contributed by atoms with Gasteiger partial charge in [-0.1, -0.05) is 11.6 Å². The molecule has 0 aromatic heterocycles. The summed E-state index contributed by atoms with van der Waals surface area (Å²) in [6.45, 7) is 3.96. The van der Waals surface area contributed by atoms with E-state index >= 15 is 0 Å². The fourth-order valence-corrected chi connectivity index (χ4v) is 2.11. The van der Waals surface area contributed by atoms with Crippen LogP contribution in [0.4, 0.5) is 0 Å². The van der Waals surface area contributed by atoms with Crippen molar-refractivity contribution >= 4 is 17.6 Å². The van der Waals surface area contributed by atoms with Crippen LogP contribution in [0.1, 0.15) is 18.1 Å². The number of nitrogens with two attached hydrogens (primary N) is 1. The maximum atomic E-state index is 11.5. The molecule has 100 valence electrons. The van der Waals surface area contributed by atoms with E-state index in [4.69, 9.17) is 26.8 Å². The van der Waals surface area contributed by atoms with E-state index in [1.807, 2.05) is 6.92 Å². The first-order valence-corrected chi connectivity index (χ1v) is 6.12. The third-order valence-electron chi connectivity index (χ3n) is 2.55.